The summed E-state index contributed by atoms with van der Waals surface area (Å²) in [5.41, 5.74) is 1.61. The zero-order valence-electron chi connectivity index (χ0n) is 17.0. The molecule has 2 aromatic carbocycles. The summed E-state index contributed by atoms with van der Waals surface area (Å²) in [6, 6.07) is 14.5. The lowest BCUT2D eigenvalue weighted by Gasteiger charge is -2.33. The smallest absolute Gasteiger partial charge is 0.325 e. The predicted octanol–water partition coefficient (Wildman–Crippen LogP) is 1.62. The van der Waals surface area contributed by atoms with Crippen LogP contribution in [0.4, 0.5) is 0 Å². The lowest BCUT2D eigenvalue weighted by Crippen LogP contribution is -2.55. The van der Waals surface area contributed by atoms with Crippen molar-refractivity contribution in [2.75, 3.05) is 33.9 Å². The van der Waals surface area contributed by atoms with E-state index in [1.807, 2.05) is 30.3 Å². The number of amides is 2. The zero-order valence-corrected chi connectivity index (χ0v) is 17.0. The van der Waals surface area contributed by atoms with Gasteiger partial charge in [-0.1, -0.05) is 30.3 Å². The molecule has 0 aromatic heterocycles. The standard InChI is InChI=1S/C22H24N2O6/c1-28-18-9-8-17(19(12-18)29-2)13-23-10-11-24(22(27)21(23)26)14-20(25)30-15-16-6-4-3-5-7-16/h3-9,12H,10-11,13-15H2,1-2H3. The van der Waals surface area contributed by atoms with Gasteiger partial charge in [0.1, 0.15) is 24.7 Å². The third-order valence-electron chi connectivity index (χ3n) is 4.82. The van der Waals surface area contributed by atoms with Crippen molar-refractivity contribution in [1.82, 2.24) is 9.80 Å². The van der Waals surface area contributed by atoms with E-state index >= 15 is 0 Å². The highest BCUT2D eigenvalue weighted by atomic mass is 16.5. The summed E-state index contributed by atoms with van der Waals surface area (Å²) >= 11 is 0. The first-order valence-corrected chi connectivity index (χ1v) is 9.50. The Morgan fingerprint density at radius 2 is 1.63 bits per heavy atom. The highest BCUT2D eigenvalue weighted by Crippen LogP contribution is 2.26. The average Bonchev–Trinajstić information content (AvgIpc) is 2.78. The molecule has 1 saturated heterocycles. The molecular formula is C22H24N2O6. The fourth-order valence-electron chi connectivity index (χ4n) is 3.14. The number of nitrogens with zero attached hydrogens (tertiary/aromatic N) is 2. The second-order valence-electron chi connectivity index (χ2n) is 6.78. The molecule has 1 aliphatic rings. The number of piperazine rings is 1. The SMILES string of the molecule is COc1ccc(CN2CCN(CC(=O)OCc3ccccc3)C(=O)C2=O)c(OC)c1. The molecule has 158 valence electrons. The minimum Gasteiger partial charge on any atom is -0.497 e. The van der Waals surface area contributed by atoms with Gasteiger partial charge in [-0.3, -0.25) is 14.4 Å². The van der Waals surface area contributed by atoms with Gasteiger partial charge >= 0.3 is 17.8 Å². The monoisotopic (exact) mass is 412 g/mol. The second kappa shape index (κ2) is 9.78. The van der Waals surface area contributed by atoms with E-state index in [0.29, 0.717) is 18.0 Å². The van der Waals surface area contributed by atoms with Crippen LogP contribution < -0.4 is 9.47 Å². The van der Waals surface area contributed by atoms with E-state index in [-0.39, 0.29) is 26.2 Å². The van der Waals surface area contributed by atoms with Gasteiger partial charge in [0.15, 0.2) is 0 Å². The van der Waals surface area contributed by atoms with E-state index in [4.69, 9.17) is 14.2 Å². The van der Waals surface area contributed by atoms with Gasteiger partial charge in [0.05, 0.1) is 14.2 Å². The second-order valence-corrected chi connectivity index (χ2v) is 6.78. The fraction of sp³-hybridized carbons (Fsp3) is 0.318. The van der Waals surface area contributed by atoms with Gasteiger partial charge in [0.25, 0.3) is 0 Å². The van der Waals surface area contributed by atoms with Crippen LogP contribution in [0.1, 0.15) is 11.1 Å². The first-order valence-electron chi connectivity index (χ1n) is 9.50. The summed E-state index contributed by atoms with van der Waals surface area (Å²) in [5, 5.41) is 0. The van der Waals surface area contributed by atoms with Crippen LogP contribution >= 0.6 is 0 Å². The van der Waals surface area contributed by atoms with Gasteiger partial charge in [-0.2, -0.15) is 0 Å². The number of esters is 1. The number of ether oxygens (including phenoxy) is 3. The Balaban J connectivity index is 1.56. The third kappa shape index (κ3) is 5.08. The van der Waals surface area contributed by atoms with Crippen LogP contribution in [0, 0.1) is 0 Å². The van der Waals surface area contributed by atoms with Crippen LogP contribution in [0.5, 0.6) is 11.5 Å². The van der Waals surface area contributed by atoms with Gasteiger partial charge in [0.2, 0.25) is 0 Å². The molecule has 1 fully saturated rings. The molecule has 3 rings (SSSR count). The van der Waals surface area contributed by atoms with Crippen molar-refractivity contribution in [3.05, 3.63) is 59.7 Å². The van der Waals surface area contributed by atoms with Crippen molar-refractivity contribution >= 4 is 17.8 Å². The van der Waals surface area contributed by atoms with Gasteiger partial charge in [-0.25, -0.2) is 0 Å². The molecular weight excluding hydrogens is 388 g/mol. The van der Waals surface area contributed by atoms with Crippen molar-refractivity contribution in [2.45, 2.75) is 13.2 Å². The van der Waals surface area contributed by atoms with Crippen LogP contribution in [0.25, 0.3) is 0 Å². The van der Waals surface area contributed by atoms with Crippen molar-refractivity contribution in [2.24, 2.45) is 0 Å². The summed E-state index contributed by atoms with van der Waals surface area (Å²) in [6.45, 7) is 0.662. The number of carbonyl (C=O) groups is 3. The Kier molecular flexibility index (Phi) is 6.90. The molecule has 0 saturated carbocycles. The summed E-state index contributed by atoms with van der Waals surface area (Å²) in [6.07, 6.45) is 0. The maximum atomic E-state index is 12.5. The zero-order chi connectivity index (χ0) is 21.5. The Hall–Kier alpha value is -3.55. The molecule has 1 heterocycles. The molecule has 0 atom stereocenters. The van der Waals surface area contributed by atoms with E-state index < -0.39 is 17.8 Å². The molecule has 1 aliphatic heterocycles. The molecule has 30 heavy (non-hydrogen) atoms. The van der Waals surface area contributed by atoms with E-state index in [1.165, 1.54) is 16.9 Å². The molecule has 0 spiro atoms. The van der Waals surface area contributed by atoms with E-state index in [1.54, 1.807) is 25.3 Å². The molecule has 2 amide bonds. The quantitative estimate of drug-likeness (QED) is 0.484. The van der Waals surface area contributed by atoms with Gasteiger partial charge in [0, 0.05) is 31.3 Å². The first kappa shape index (κ1) is 21.2. The number of methoxy groups -OCH3 is 2. The molecule has 0 bridgehead atoms. The minimum atomic E-state index is -0.717. The Bertz CT molecular complexity index is 915. The Labute approximate surface area is 174 Å². The molecule has 8 heteroatoms. The van der Waals surface area contributed by atoms with Crippen LogP contribution in [0.15, 0.2) is 48.5 Å². The van der Waals surface area contributed by atoms with E-state index in [2.05, 4.69) is 0 Å². The number of carbonyl (C=O) groups excluding carboxylic acids is 3. The topological polar surface area (TPSA) is 85.4 Å². The number of hydrogen-bond donors (Lipinski definition) is 0. The van der Waals surface area contributed by atoms with Crippen LogP contribution in [-0.4, -0.2) is 61.4 Å². The molecule has 2 aromatic rings. The third-order valence-corrected chi connectivity index (χ3v) is 4.82. The number of hydrogen-bond acceptors (Lipinski definition) is 6. The fourth-order valence-corrected chi connectivity index (χ4v) is 3.14. The number of rotatable bonds is 8. The summed E-state index contributed by atoms with van der Waals surface area (Å²) in [5.74, 6) is -0.719. The lowest BCUT2D eigenvalue weighted by atomic mass is 10.1. The highest BCUT2D eigenvalue weighted by molar-refractivity contribution is 6.35. The summed E-state index contributed by atoms with van der Waals surface area (Å²) < 4.78 is 15.7. The first-order chi connectivity index (χ1) is 14.5. The van der Waals surface area contributed by atoms with Gasteiger partial charge in [-0.05, 0) is 17.7 Å². The normalized spacial score (nSPS) is 13.9. The van der Waals surface area contributed by atoms with Crippen LogP contribution in [-0.2, 0) is 32.3 Å². The van der Waals surface area contributed by atoms with Crippen molar-refractivity contribution in [3.63, 3.8) is 0 Å². The van der Waals surface area contributed by atoms with Gasteiger partial charge in [-0.15, -0.1) is 0 Å². The van der Waals surface area contributed by atoms with Crippen molar-refractivity contribution < 1.29 is 28.6 Å². The molecule has 8 nitrogen and oxygen atoms in total. The van der Waals surface area contributed by atoms with E-state index in [0.717, 1.165) is 11.1 Å². The Morgan fingerprint density at radius 3 is 2.33 bits per heavy atom. The van der Waals surface area contributed by atoms with Crippen LogP contribution in [0.3, 0.4) is 0 Å². The van der Waals surface area contributed by atoms with E-state index in [9.17, 15) is 14.4 Å². The van der Waals surface area contributed by atoms with Crippen molar-refractivity contribution in [1.29, 1.82) is 0 Å². The highest BCUT2D eigenvalue weighted by Gasteiger charge is 2.34. The maximum absolute atomic E-state index is 12.5. The van der Waals surface area contributed by atoms with Crippen molar-refractivity contribution in [3.8, 4) is 11.5 Å². The largest absolute Gasteiger partial charge is 0.497 e. The molecule has 0 N–H and O–H groups in total. The summed E-state index contributed by atoms with van der Waals surface area (Å²) in [4.78, 5) is 39.8. The molecule has 0 aliphatic carbocycles. The predicted molar refractivity (Wildman–Crippen MR) is 108 cm³/mol. The number of benzene rings is 2. The maximum Gasteiger partial charge on any atom is 0.325 e. The average molecular weight is 412 g/mol. The molecule has 0 unspecified atom stereocenters. The summed E-state index contributed by atoms with van der Waals surface area (Å²) in [7, 11) is 3.09. The molecule has 0 radical (unpaired) electrons. The van der Waals surface area contributed by atoms with Gasteiger partial charge < -0.3 is 24.0 Å². The Morgan fingerprint density at radius 1 is 0.933 bits per heavy atom. The minimum absolute atomic E-state index is 0.124. The lowest BCUT2D eigenvalue weighted by molar-refractivity contribution is -0.160. The van der Waals surface area contributed by atoms with Crippen LogP contribution in [0.2, 0.25) is 0 Å².